The van der Waals surface area contributed by atoms with Crippen LogP contribution >= 0.6 is 0 Å². The van der Waals surface area contributed by atoms with Gasteiger partial charge in [0.25, 0.3) is 6.67 Å². The predicted molar refractivity (Wildman–Crippen MR) is 48.2 cm³/mol. The molecule has 0 fully saturated rings. The molecule has 1 aromatic carbocycles. The van der Waals surface area contributed by atoms with E-state index in [2.05, 4.69) is 14.9 Å². The Kier molecular flexibility index (Phi) is 3.39. The number of nitrogens with one attached hydrogen (secondary N) is 1. The summed E-state index contributed by atoms with van der Waals surface area (Å²) in [5, 5.41) is 2.69. The van der Waals surface area contributed by atoms with Crippen LogP contribution in [0.25, 0.3) is 4.85 Å². The van der Waals surface area contributed by atoms with Crippen molar-refractivity contribution in [2.45, 2.75) is 6.36 Å². The van der Waals surface area contributed by atoms with Crippen LogP contribution in [0.2, 0.25) is 0 Å². The second kappa shape index (κ2) is 4.55. The molecule has 0 aliphatic carbocycles. The van der Waals surface area contributed by atoms with E-state index in [1.807, 2.05) is 0 Å². The number of hydrogen-bond acceptors (Lipinski definition) is 2. The lowest BCUT2D eigenvalue weighted by atomic mass is 10.3. The zero-order valence-corrected chi connectivity index (χ0v) is 7.51. The number of rotatable bonds is 3. The first-order valence-electron chi connectivity index (χ1n) is 3.94. The number of benzene rings is 1. The standard InChI is InChI=1S/C9H7F3N2O/c1-13-6-14-7-2-4-8(5-3-7)15-9(10,11)12/h2-5,14H,6H2. The molecule has 15 heavy (non-hydrogen) atoms. The molecule has 0 spiro atoms. The number of anilines is 1. The third kappa shape index (κ3) is 4.22. The van der Waals surface area contributed by atoms with E-state index in [0.717, 1.165) is 0 Å². The Morgan fingerprint density at radius 1 is 1.27 bits per heavy atom. The van der Waals surface area contributed by atoms with Crippen LogP contribution in [-0.4, -0.2) is 13.0 Å². The van der Waals surface area contributed by atoms with Crippen molar-refractivity contribution < 1.29 is 17.9 Å². The van der Waals surface area contributed by atoms with Crippen LogP contribution in [0.5, 0.6) is 5.75 Å². The lowest BCUT2D eigenvalue weighted by Gasteiger charge is -2.08. The lowest BCUT2D eigenvalue weighted by molar-refractivity contribution is -0.274. The topological polar surface area (TPSA) is 25.6 Å². The summed E-state index contributed by atoms with van der Waals surface area (Å²) in [5.74, 6) is -0.282. The minimum Gasteiger partial charge on any atom is -0.406 e. The summed E-state index contributed by atoms with van der Waals surface area (Å²) in [6, 6.07) is 5.18. The van der Waals surface area contributed by atoms with Crippen molar-refractivity contribution in [2.75, 3.05) is 12.0 Å². The minimum atomic E-state index is -4.68. The molecule has 0 saturated carbocycles. The number of alkyl halides is 3. The van der Waals surface area contributed by atoms with Gasteiger partial charge in [-0.1, -0.05) is 0 Å². The molecule has 0 aliphatic heterocycles. The molecule has 0 radical (unpaired) electrons. The van der Waals surface area contributed by atoms with Crippen molar-refractivity contribution in [1.29, 1.82) is 0 Å². The van der Waals surface area contributed by atoms with Crippen molar-refractivity contribution in [3.05, 3.63) is 35.7 Å². The van der Waals surface area contributed by atoms with Gasteiger partial charge in [-0.25, -0.2) is 6.57 Å². The molecule has 1 N–H and O–H groups in total. The molecule has 0 bridgehead atoms. The van der Waals surface area contributed by atoms with Crippen LogP contribution in [0.1, 0.15) is 0 Å². The van der Waals surface area contributed by atoms with E-state index in [-0.39, 0.29) is 12.4 Å². The molecular formula is C9H7F3N2O. The molecule has 1 rings (SSSR count). The normalized spacial score (nSPS) is 10.5. The van der Waals surface area contributed by atoms with Crippen molar-refractivity contribution in [1.82, 2.24) is 0 Å². The molecule has 0 atom stereocenters. The average molecular weight is 216 g/mol. The molecule has 3 nitrogen and oxygen atoms in total. The number of ether oxygens (including phenoxy) is 1. The molecule has 80 valence electrons. The Morgan fingerprint density at radius 2 is 1.87 bits per heavy atom. The zero-order valence-electron chi connectivity index (χ0n) is 7.51. The summed E-state index contributed by atoms with van der Waals surface area (Å²) in [7, 11) is 0. The first kappa shape index (κ1) is 11.2. The maximum atomic E-state index is 11.8. The van der Waals surface area contributed by atoms with Crippen LogP contribution in [0.3, 0.4) is 0 Å². The van der Waals surface area contributed by atoms with Gasteiger partial charge in [-0.3, -0.25) is 4.85 Å². The first-order chi connectivity index (χ1) is 7.01. The number of halogens is 3. The van der Waals surface area contributed by atoms with Crippen LogP contribution in [0.4, 0.5) is 18.9 Å². The van der Waals surface area contributed by atoms with Crippen molar-refractivity contribution in [3.63, 3.8) is 0 Å². The molecule has 6 heteroatoms. The van der Waals surface area contributed by atoms with Gasteiger partial charge in [0, 0.05) is 5.69 Å². The fraction of sp³-hybridized carbons (Fsp3) is 0.222. The third-order valence-corrected chi connectivity index (χ3v) is 1.45. The van der Waals surface area contributed by atoms with Gasteiger partial charge < -0.3 is 10.1 Å². The van der Waals surface area contributed by atoms with Gasteiger partial charge >= 0.3 is 6.36 Å². The highest BCUT2D eigenvalue weighted by Crippen LogP contribution is 2.23. The molecule has 1 aromatic rings. The summed E-state index contributed by atoms with van der Waals surface area (Å²) in [6.07, 6.45) is -4.68. The van der Waals surface area contributed by atoms with E-state index in [0.29, 0.717) is 5.69 Å². The molecule has 0 heterocycles. The molecule has 0 aliphatic rings. The zero-order chi connectivity index (χ0) is 11.3. The minimum absolute atomic E-state index is 0.0828. The average Bonchev–Trinajstić information content (AvgIpc) is 2.14. The van der Waals surface area contributed by atoms with E-state index < -0.39 is 6.36 Å². The summed E-state index contributed by atoms with van der Waals surface area (Å²) < 4.78 is 39.0. The van der Waals surface area contributed by atoms with Crippen molar-refractivity contribution in [2.24, 2.45) is 0 Å². The smallest absolute Gasteiger partial charge is 0.406 e. The fourth-order valence-corrected chi connectivity index (χ4v) is 0.905. The number of hydrogen-bond donors (Lipinski definition) is 1. The summed E-state index contributed by atoms with van der Waals surface area (Å²) >= 11 is 0. The maximum absolute atomic E-state index is 11.8. The van der Waals surface area contributed by atoms with E-state index >= 15 is 0 Å². The molecule has 0 saturated heterocycles. The summed E-state index contributed by atoms with van der Waals surface area (Å²) in [5.41, 5.74) is 0.570. The van der Waals surface area contributed by atoms with Crippen molar-refractivity contribution >= 4 is 5.69 Å². The highest BCUT2D eigenvalue weighted by atomic mass is 19.4. The van der Waals surface area contributed by atoms with Gasteiger partial charge in [-0.2, -0.15) is 0 Å². The second-order valence-corrected chi connectivity index (χ2v) is 2.57. The molecule has 0 aromatic heterocycles. The van der Waals surface area contributed by atoms with E-state index in [1.165, 1.54) is 24.3 Å². The van der Waals surface area contributed by atoms with Gasteiger partial charge in [0.2, 0.25) is 0 Å². The second-order valence-electron chi connectivity index (χ2n) is 2.57. The highest BCUT2D eigenvalue weighted by molar-refractivity contribution is 5.46. The van der Waals surface area contributed by atoms with Crippen LogP contribution in [0.15, 0.2) is 24.3 Å². The van der Waals surface area contributed by atoms with E-state index in [1.54, 1.807) is 0 Å². The summed E-state index contributed by atoms with van der Waals surface area (Å²) in [6.45, 7) is 6.58. The summed E-state index contributed by atoms with van der Waals surface area (Å²) in [4.78, 5) is 3.04. The lowest BCUT2D eigenvalue weighted by Crippen LogP contribution is -2.17. The van der Waals surface area contributed by atoms with Gasteiger partial charge in [-0.15, -0.1) is 13.2 Å². The maximum Gasteiger partial charge on any atom is 0.573 e. The quantitative estimate of drug-likeness (QED) is 0.786. The Balaban J connectivity index is 2.61. The van der Waals surface area contributed by atoms with Gasteiger partial charge in [-0.05, 0) is 24.3 Å². The first-order valence-corrected chi connectivity index (χ1v) is 3.94. The van der Waals surface area contributed by atoms with Gasteiger partial charge in [0.15, 0.2) is 0 Å². The fourth-order valence-electron chi connectivity index (χ4n) is 0.905. The monoisotopic (exact) mass is 216 g/mol. The Bertz CT molecular complexity index is 353. The molecular weight excluding hydrogens is 209 g/mol. The number of nitrogens with zero attached hydrogens (tertiary/aromatic N) is 1. The largest absolute Gasteiger partial charge is 0.573 e. The van der Waals surface area contributed by atoms with Crippen LogP contribution < -0.4 is 10.1 Å². The highest BCUT2D eigenvalue weighted by Gasteiger charge is 2.30. The van der Waals surface area contributed by atoms with E-state index in [4.69, 9.17) is 6.57 Å². The SMILES string of the molecule is [C-]#[N+]CNc1ccc(OC(F)(F)F)cc1. The van der Waals surface area contributed by atoms with Crippen LogP contribution in [0, 0.1) is 6.57 Å². The Morgan fingerprint density at radius 3 is 2.33 bits per heavy atom. The Labute approximate surface area is 84.3 Å². The molecule has 0 amide bonds. The van der Waals surface area contributed by atoms with Crippen molar-refractivity contribution in [3.8, 4) is 5.75 Å². The predicted octanol–water partition coefficient (Wildman–Crippen LogP) is 2.87. The van der Waals surface area contributed by atoms with Gasteiger partial charge in [0.1, 0.15) is 5.75 Å². The van der Waals surface area contributed by atoms with E-state index in [9.17, 15) is 13.2 Å². The Hall–Kier alpha value is -1.90. The van der Waals surface area contributed by atoms with Gasteiger partial charge in [0.05, 0.1) is 0 Å². The van der Waals surface area contributed by atoms with Crippen LogP contribution in [-0.2, 0) is 0 Å². The third-order valence-electron chi connectivity index (χ3n) is 1.45. The molecule has 0 unspecified atom stereocenters.